The molecule has 0 heterocycles. The first-order valence-corrected chi connectivity index (χ1v) is 13.2. The second-order valence-electron chi connectivity index (χ2n) is 8.10. The zero-order valence-corrected chi connectivity index (χ0v) is 19.6. The number of esters is 1. The van der Waals surface area contributed by atoms with Crippen LogP contribution in [-0.4, -0.2) is 53.6 Å². The molecular weight excluding hydrogens is 387 g/mol. The van der Waals surface area contributed by atoms with Gasteiger partial charge in [0, 0.05) is 0 Å². The van der Waals surface area contributed by atoms with Crippen LogP contribution in [0, 0.1) is 0 Å². The summed E-state index contributed by atoms with van der Waals surface area (Å²) in [7, 11) is -1.96. The van der Waals surface area contributed by atoms with E-state index in [9.17, 15) is 9.59 Å². The molecule has 0 rings (SSSR count). The third kappa shape index (κ3) is 9.65. The molecule has 0 spiro atoms. The molecule has 0 fully saturated rings. The van der Waals surface area contributed by atoms with E-state index in [1.165, 1.54) is 6.08 Å². The molecule has 0 N–H and O–H groups in total. The van der Waals surface area contributed by atoms with Gasteiger partial charge in [0.1, 0.15) is 0 Å². The van der Waals surface area contributed by atoms with Crippen LogP contribution in [0.4, 0.5) is 4.79 Å². The maximum absolute atomic E-state index is 12.1. The van der Waals surface area contributed by atoms with Gasteiger partial charge in [-0.1, -0.05) is 0 Å². The van der Waals surface area contributed by atoms with E-state index in [-0.39, 0.29) is 16.4 Å². The van der Waals surface area contributed by atoms with E-state index >= 15 is 0 Å². The Bertz CT molecular complexity index is 472. The van der Waals surface area contributed by atoms with E-state index in [2.05, 4.69) is 33.9 Å². The molecule has 0 aromatic rings. The topological polar surface area (TPSA) is 61.8 Å². The molecule has 7 heteroatoms. The molecule has 1 atom stereocenters. The SMILES string of the molecule is CCOC(=O)/C=C(\CO[Si](C)(C)C(C)(C)C)[AsH]C(=O)OC(C)(C)C. The van der Waals surface area contributed by atoms with Crippen LogP contribution in [0.3, 0.4) is 0 Å². The van der Waals surface area contributed by atoms with Gasteiger partial charge in [-0.05, 0) is 0 Å². The van der Waals surface area contributed by atoms with E-state index in [1.807, 2.05) is 20.8 Å². The molecule has 0 aliphatic rings. The van der Waals surface area contributed by atoms with Crippen LogP contribution in [0.15, 0.2) is 10.4 Å². The molecule has 0 amide bonds. The van der Waals surface area contributed by atoms with Crippen LogP contribution < -0.4 is 0 Å². The molecule has 0 saturated heterocycles. The summed E-state index contributed by atoms with van der Waals surface area (Å²) in [5.74, 6) is -0.432. The minimum atomic E-state index is -1.96. The average Bonchev–Trinajstić information content (AvgIpc) is 2.32. The van der Waals surface area contributed by atoms with E-state index in [0.29, 0.717) is 11.0 Å². The summed E-state index contributed by atoms with van der Waals surface area (Å²) >= 11 is -1.26. The van der Waals surface area contributed by atoms with E-state index in [0.717, 1.165) is 0 Å². The van der Waals surface area contributed by atoms with Crippen LogP contribution in [-0.2, 0) is 18.7 Å². The monoisotopic (exact) mass is 420 g/mol. The minimum absolute atomic E-state index is 0.0634. The van der Waals surface area contributed by atoms with Crippen LogP contribution in [0.1, 0.15) is 48.5 Å². The number of carbonyl (C=O) groups excluding carboxylic acids is 2. The van der Waals surface area contributed by atoms with Gasteiger partial charge in [0.25, 0.3) is 0 Å². The van der Waals surface area contributed by atoms with Gasteiger partial charge in [-0.3, -0.25) is 0 Å². The van der Waals surface area contributed by atoms with Crippen molar-refractivity contribution in [3.63, 3.8) is 0 Å². The summed E-state index contributed by atoms with van der Waals surface area (Å²) in [5, 5.41) is 0.0634. The Morgan fingerprint density at radius 2 is 1.62 bits per heavy atom. The number of rotatable bonds is 7. The predicted octanol–water partition coefficient (Wildman–Crippen LogP) is 3.83. The third-order valence-electron chi connectivity index (χ3n) is 3.63. The van der Waals surface area contributed by atoms with Crippen LogP contribution in [0.5, 0.6) is 0 Å². The van der Waals surface area contributed by atoms with Gasteiger partial charge >= 0.3 is 154 Å². The Hall–Kier alpha value is -0.585. The molecule has 1 unspecified atom stereocenters. The van der Waals surface area contributed by atoms with Crippen molar-refractivity contribution in [1.82, 2.24) is 0 Å². The first kappa shape index (κ1) is 23.4. The number of hydrogen-bond donors (Lipinski definition) is 0. The fraction of sp³-hybridized carbons (Fsp3) is 0.765. The zero-order chi connectivity index (χ0) is 19.2. The normalized spacial score (nSPS) is 14.1. The molecule has 0 bridgehead atoms. The maximum atomic E-state index is 12.1. The molecule has 24 heavy (non-hydrogen) atoms. The molecule has 0 saturated carbocycles. The van der Waals surface area contributed by atoms with Gasteiger partial charge < -0.3 is 0 Å². The summed E-state index contributed by atoms with van der Waals surface area (Å²) in [6.07, 6.45) is 1.40. The van der Waals surface area contributed by atoms with E-state index in [1.54, 1.807) is 6.92 Å². The van der Waals surface area contributed by atoms with Crippen molar-refractivity contribution in [2.75, 3.05) is 13.2 Å². The molecule has 0 radical (unpaired) electrons. The zero-order valence-electron chi connectivity index (χ0n) is 16.5. The number of carbonyl (C=O) groups is 2. The predicted molar refractivity (Wildman–Crippen MR) is 101 cm³/mol. The Morgan fingerprint density at radius 3 is 2.04 bits per heavy atom. The molecule has 0 aliphatic heterocycles. The quantitative estimate of drug-likeness (QED) is 0.356. The molecular formula is C17H33AsO5Si. The fourth-order valence-electron chi connectivity index (χ4n) is 1.35. The van der Waals surface area contributed by atoms with Crippen molar-refractivity contribution >= 4 is 34.8 Å². The van der Waals surface area contributed by atoms with E-state index < -0.39 is 35.6 Å². The van der Waals surface area contributed by atoms with Gasteiger partial charge in [0.05, 0.1) is 0 Å². The third-order valence-corrected chi connectivity index (χ3v) is 10.0. The van der Waals surface area contributed by atoms with Crippen LogP contribution in [0.25, 0.3) is 0 Å². The first-order valence-electron chi connectivity index (χ1n) is 8.19. The molecule has 5 nitrogen and oxygen atoms in total. The van der Waals surface area contributed by atoms with Gasteiger partial charge in [-0.15, -0.1) is 0 Å². The van der Waals surface area contributed by atoms with Crippen molar-refractivity contribution in [2.24, 2.45) is 0 Å². The Kier molecular flexibility index (Phi) is 8.98. The fourth-order valence-corrected chi connectivity index (χ4v) is 4.60. The Balaban J connectivity index is 5.09. The van der Waals surface area contributed by atoms with Crippen molar-refractivity contribution in [3.8, 4) is 0 Å². The summed E-state index contributed by atoms with van der Waals surface area (Å²) in [5.41, 5.74) is -0.532. The number of hydrogen-bond acceptors (Lipinski definition) is 5. The second-order valence-corrected chi connectivity index (χ2v) is 15.6. The number of ether oxygens (including phenoxy) is 2. The summed E-state index contributed by atoms with van der Waals surface area (Å²) in [6.45, 7) is 18.6. The van der Waals surface area contributed by atoms with E-state index in [4.69, 9.17) is 13.9 Å². The summed E-state index contributed by atoms with van der Waals surface area (Å²) in [6, 6.07) is 0. The molecule has 0 aromatic carbocycles. The van der Waals surface area contributed by atoms with Gasteiger partial charge in [0.2, 0.25) is 0 Å². The Labute approximate surface area is 154 Å². The van der Waals surface area contributed by atoms with Crippen molar-refractivity contribution in [3.05, 3.63) is 10.4 Å². The van der Waals surface area contributed by atoms with Gasteiger partial charge in [-0.2, -0.15) is 0 Å². The van der Waals surface area contributed by atoms with Gasteiger partial charge in [0.15, 0.2) is 0 Å². The van der Waals surface area contributed by atoms with Crippen molar-refractivity contribution in [2.45, 2.75) is 72.2 Å². The molecule has 0 aromatic heterocycles. The summed E-state index contributed by atoms with van der Waals surface area (Å²) < 4.78 is 17.0. The molecule has 0 aliphatic carbocycles. The Morgan fingerprint density at radius 1 is 1.08 bits per heavy atom. The van der Waals surface area contributed by atoms with Gasteiger partial charge in [-0.25, -0.2) is 0 Å². The average molecular weight is 420 g/mol. The van der Waals surface area contributed by atoms with Crippen molar-refractivity contribution < 1.29 is 23.5 Å². The molecule has 140 valence electrons. The van der Waals surface area contributed by atoms with Crippen LogP contribution in [0.2, 0.25) is 18.1 Å². The summed E-state index contributed by atoms with van der Waals surface area (Å²) in [4.78, 5) is 23.9. The van der Waals surface area contributed by atoms with Crippen molar-refractivity contribution in [1.29, 1.82) is 0 Å². The standard InChI is InChI=1S/C17H33AsO5Si/c1-10-21-14(19)11-13(18-15(20)23-16(2,3)4)12-22-24(8,9)17(5,6)7/h11,18H,10,12H2,1-9H3/b13-11+. The van der Waals surface area contributed by atoms with Crippen LogP contribution >= 0.6 is 0 Å². The first-order chi connectivity index (χ1) is 10.7. The second kappa shape index (κ2) is 9.21.